The fraction of sp³-hybridized carbons (Fsp3) is 0.389. The topological polar surface area (TPSA) is 85.6 Å². The summed E-state index contributed by atoms with van der Waals surface area (Å²) in [5.41, 5.74) is 3.41. The lowest BCUT2D eigenvalue weighted by atomic mass is 10.2. The van der Waals surface area contributed by atoms with Crippen molar-refractivity contribution in [2.75, 3.05) is 0 Å². The summed E-state index contributed by atoms with van der Waals surface area (Å²) in [4.78, 5) is 17.3. The zero-order chi connectivity index (χ0) is 17.9. The molecule has 0 spiro atoms. The van der Waals surface area contributed by atoms with Gasteiger partial charge in [-0.1, -0.05) is 23.4 Å². The number of hydrogen-bond acceptors (Lipinski definition) is 6. The average Bonchev–Trinajstić information content (AvgIpc) is 3.40. The SMILES string of the molecule is Cc1nnsc1C(=O)NCc1cc(-c2ccccn2)n(C2CCCC2)n1. The van der Waals surface area contributed by atoms with Gasteiger partial charge in [-0.3, -0.25) is 14.5 Å². The lowest BCUT2D eigenvalue weighted by Gasteiger charge is -2.13. The van der Waals surface area contributed by atoms with Gasteiger partial charge in [0.2, 0.25) is 0 Å². The highest BCUT2D eigenvalue weighted by atomic mass is 32.1. The van der Waals surface area contributed by atoms with Gasteiger partial charge in [0, 0.05) is 6.20 Å². The van der Waals surface area contributed by atoms with Gasteiger partial charge in [0.05, 0.1) is 35.4 Å². The van der Waals surface area contributed by atoms with Gasteiger partial charge < -0.3 is 5.32 Å². The molecule has 3 aromatic rings. The fourth-order valence-corrected chi connectivity index (χ4v) is 3.93. The molecule has 1 aliphatic rings. The fourth-order valence-electron chi connectivity index (χ4n) is 3.36. The molecule has 7 nitrogen and oxygen atoms in total. The molecule has 1 fully saturated rings. The normalized spacial score (nSPS) is 14.7. The third-order valence-electron chi connectivity index (χ3n) is 4.67. The van der Waals surface area contributed by atoms with Crippen LogP contribution in [0.4, 0.5) is 0 Å². The van der Waals surface area contributed by atoms with Crippen LogP contribution in [0, 0.1) is 6.92 Å². The molecular weight excluding hydrogens is 348 g/mol. The molecular formula is C18H20N6OS. The average molecular weight is 368 g/mol. The Kier molecular flexibility index (Phi) is 4.75. The van der Waals surface area contributed by atoms with E-state index in [-0.39, 0.29) is 5.91 Å². The minimum Gasteiger partial charge on any atom is -0.346 e. The summed E-state index contributed by atoms with van der Waals surface area (Å²) in [6.07, 6.45) is 6.53. The van der Waals surface area contributed by atoms with Crippen molar-refractivity contribution in [3.63, 3.8) is 0 Å². The van der Waals surface area contributed by atoms with Crippen molar-refractivity contribution in [3.05, 3.63) is 46.7 Å². The van der Waals surface area contributed by atoms with E-state index in [0.717, 1.165) is 41.5 Å². The summed E-state index contributed by atoms with van der Waals surface area (Å²) in [5, 5.41) is 11.6. The number of nitrogens with one attached hydrogen (secondary N) is 1. The van der Waals surface area contributed by atoms with Crippen LogP contribution in [-0.2, 0) is 6.54 Å². The van der Waals surface area contributed by atoms with Crippen LogP contribution >= 0.6 is 11.5 Å². The third-order valence-corrected chi connectivity index (χ3v) is 5.50. The monoisotopic (exact) mass is 368 g/mol. The second-order valence-electron chi connectivity index (χ2n) is 6.49. The van der Waals surface area contributed by atoms with E-state index >= 15 is 0 Å². The van der Waals surface area contributed by atoms with Gasteiger partial charge in [0.1, 0.15) is 4.88 Å². The number of aromatic nitrogens is 5. The van der Waals surface area contributed by atoms with E-state index in [2.05, 4.69) is 24.6 Å². The number of hydrogen-bond donors (Lipinski definition) is 1. The van der Waals surface area contributed by atoms with Crippen molar-refractivity contribution >= 4 is 17.4 Å². The number of pyridine rings is 1. The maximum atomic E-state index is 12.3. The highest BCUT2D eigenvalue weighted by Crippen LogP contribution is 2.33. The first-order valence-corrected chi connectivity index (χ1v) is 9.56. The van der Waals surface area contributed by atoms with Gasteiger partial charge in [-0.25, -0.2) is 0 Å². The van der Waals surface area contributed by atoms with Gasteiger partial charge in [0.25, 0.3) is 5.91 Å². The van der Waals surface area contributed by atoms with Crippen LogP contribution < -0.4 is 5.32 Å². The molecule has 0 radical (unpaired) electrons. The lowest BCUT2D eigenvalue weighted by molar-refractivity contribution is 0.0953. The number of carbonyl (C=O) groups is 1. The Morgan fingerprint density at radius 2 is 2.19 bits per heavy atom. The van der Waals surface area contributed by atoms with Gasteiger partial charge >= 0.3 is 0 Å². The molecule has 4 rings (SSSR count). The number of nitrogens with zero attached hydrogens (tertiary/aromatic N) is 5. The molecule has 0 atom stereocenters. The van der Waals surface area contributed by atoms with Crippen LogP contribution in [0.25, 0.3) is 11.4 Å². The molecule has 26 heavy (non-hydrogen) atoms. The molecule has 1 saturated carbocycles. The van der Waals surface area contributed by atoms with Crippen molar-refractivity contribution in [3.8, 4) is 11.4 Å². The summed E-state index contributed by atoms with van der Waals surface area (Å²) in [7, 11) is 0. The smallest absolute Gasteiger partial charge is 0.265 e. The summed E-state index contributed by atoms with van der Waals surface area (Å²) >= 11 is 1.11. The molecule has 1 N–H and O–H groups in total. The Morgan fingerprint density at radius 3 is 2.88 bits per heavy atom. The quantitative estimate of drug-likeness (QED) is 0.748. The number of carbonyl (C=O) groups excluding carboxylic acids is 1. The molecule has 1 amide bonds. The first-order valence-electron chi connectivity index (χ1n) is 8.79. The summed E-state index contributed by atoms with van der Waals surface area (Å²) < 4.78 is 5.90. The van der Waals surface area contributed by atoms with Gasteiger partial charge in [0.15, 0.2) is 0 Å². The Balaban J connectivity index is 1.57. The van der Waals surface area contributed by atoms with E-state index in [4.69, 9.17) is 5.10 Å². The van der Waals surface area contributed by atoms with Crippen LogP contribution in [0.15, 0.2) is 30.5 Å². The predicted molar refractivity (Wildman–Crippen MR) is 98.8 cm³/mol. The molecule has 0 unspecified atom stereocenters. The molecule has 3 heterocycles. The Labute approximate surface area is 155 Å². The zero-order valence-electron chi connectivity index (χ0n) is 14.6. The van der Waals surface area contributed by atoms with Gasteiger partial charge in [-0.05, 0) is 49.5 Å². The molecule has 0 saturated heterocycles. The number of rotatable bonds is 5. The minimum atomic E-state index is -0.160. The van der Waals surface area contributed by atoms with Crippen LogP contribution in [0.3, 0.4) is 0 Å². The highest BCUT2D eigenvalue weighted by molar-refractivity contribution is 7.07. The Hall–Kier alpha value is -2.61. The lowest BCUT2D eigenvalue weighted by Crippen LogP contribution is -2.23. The first kappa shape index (κ1) is 16.8. The van der Waals surface area contributed by atoms with Crippen LogP contribution in [-0.4, -0.2) is 30.3 Å². The van der Waals surface area contributed by atoms with Crippen LogP contribution in [0.1, 0.15) is 52.8 Å². The Bertz CT molecular complexity index is 898. The van der Waals surface area contributed by atoms with Crippen molar-refractivity contribution in [1.29, 1.82) is 0 Å². The minimum absolute atomic E-state index is 0.160. The zero-order valence-corrected chi connectivity index (χ0v) is 15.4. The van der Waals surface area contributed by atoms with E-state index in [0.29, 0.717) is 23.2 Å². The molecule has 1 aliphatic carbocycles. The second kappa shape index (κ2) is 7.33. The molecule has 0 aliphatic heterocycles. The predicted octanol–water partition coefficient (Wildman–Crippen LogP) is 3.15. The largest absolute Gasteiger partial charge is 0.346 e. The standard InChI is InChI=1S/C18H20N6OS/c1-12-17(26-23-21-12)18(25)20-11-13-10-16(15-8-4-5-9-19-15)24(22-13)14-6-2-3-7-14/h4-5,8-10,14H,2-3,6-7,11H2,1H3,(H,20,25). The van der Waals surface area contributed by atoms with Crippen LogP contribution in [0.2, 0.25) is 0 Å². The van der Waals surface area contributed by atoms with E-state index in [1.807, 2.05) is 24.3 Å². The maximum Gasteiger partial charge on any atom is 0.265 e. The third kappa shape index (κ3) is 3.37. The summed E-state index contributed by atoms with van der Waals surface area (Å²) in [5.74, 6) is -0.160. The summed E-state index contributed by atoms with van der Waals surface area (Å²) in [6.45, 7) is 2.15. The molecule has 134 valence electrons. The van der Waals surface area contributed by atoms with Gasteiger partial charge in [-0.15, -0.1) is 5.10 Å². The molecule has 8 heteroatoms. The summed E-state index contributed by atoms with van der Waals surface area (Å²) in [6, 6.07) is 8.32. The Morgan fingerprint density at radius 1 is 1.35 bits per heavy atom. The van der Waals surface area contributed by atoms with Crippen molar-refractivity contribution in [2.24, 2.45) is 0 Å². The van der Waals surface area contributed by atoms with E-state index in [9.17, 15) is 4.79 Å². The maximum absolute atomic E-state index is 12.3. The van der Waals surface area contributed by atoms with Crippen LogP contribution in [0.5, 0.6) is 0 Å². The van der Waals surface area contributed by atoms with Crippen molar-refractivity contribution in [2.45, 2.75) is 45.2 Å². The van der Waals surface area contributed by atoms with Gasteiger partial charge in [-0.2, -0.15) is 5.10 Å². The van der Waals surface area contributed by atoms with E-state index in [1.54, 1.807) is 13.1 Å². The van der Waals surface area contributed by atoms with Crippen molar-refractivity contribution < 1.29 is 4.79 Å². The second-order valence-corrected chi connectivity index (χ2v) is 7.24. The molecule has 0 bridgehead atoms. The number of amides is 1. The number of aryl methyl sites for hydroxylation is 1. The van der Waals surface area contributed by atoms with Crippen molar-refractivity contribution in [1.82, 2.24) is 29.7 Å². The first-order chi connectivity index (χ1) is 12.7. The highest BCUT2D eigenvalue weighted by Gasteiger charge is 2.23. The molecule has 3 aromatic heterocycles. The molecule has 0 aromatic carbocycles. The van der Waals surface area contributed by atoms with E-state index < -0.39 is 0 Å². The van der Waals surface area contributed by atoms with E-state index in [1.165, 1.54) is 12.8 Å².